The molecular weight excluding hydrogens is 408 g/mol. The molecule has 0 aliphatic heterocycles. The van der Waals surface area contributed by atoms with Crippen LogP contribution in [0.4, 0.5) is 0 Å². The van der Waals surface area contributed by atoms with E-state index in [0.717, 1.165) is 5.56 Å². The zero-order valence-electron chi connectivity index (χ0n) is 17.6. The van der Waals surface area contributed by atoms with Crippen LogP contribution in [0.15, 0.2) is 72.8 Å². The maximum absolute atomic E-state index is 13.2. The van der Waals surface area contributed by atoms with E-state index in [-0.39, 0.29) is 23.5 Å². The molecule has 0 bridgehead atoms. The van der Waals surface area contributed by atoms with Gasteiger partial charge in [0, 0.05) is 5.56 Å². The van der Waals surface area contributed by atoms with Gasteiger partial charge in [-0.25, -0.2) is 9.78 Å². The molecule has 0 saturated carbocycles. The van der Waals surface area contributed by atoms with Gasteiger partial charge < -0.3 is 14.7 Å². The number of benzene rings is 3. The van der Waals surface area contributed by atoms with Gasteiger partial charge in [0.1, 0.15) is 17.9 Å². The lowest BCUT2D eigenvalue weighted by atomic mass is 10.1. The second-order valence-electron chi connectivity index (χ2n) is 7.19. The van der Waals surface area contributed by atoms with E-state index < -0.39 is 11.8 Å². The van der Waals surface area contributed by atoms with Crippen molar-refractivity contribution in [2.45, 2.75) is 13.5 Å². The molecule has 160 valence electrons. The zero-order valence-corrected chi connectivity index (χ0v) is 17.6. The molecule has 0 fully saturated rings. The fourth-order valence-electron chi connectivity index (χ4n) is 3.28. The van der Waals surface area contributed by atoms with E-state index in [1.807, 2.05) is 6.92 Å². The highest BCUT2D eigenvalue weighted by Crippen LogP contribution is 2.20. The highest BCUT2D eigenvalue weighted by Gasteiger charge is 2.28. The van der Waals surface area contributed by atoms with Gasteiger partial charge in [0.05, 0.1) is 18.7 Å². The standard InChI is InChI=1S/C25H20N2O5/c1-16-8-10-18(11-9-16)25(29)32-15-21-23(24(28)17-6-4-3-5-7-17)27(30)22-14-19(31-2)12-13-20(22)26-21/h3-14H,15H2,1-2H3. The predicted octanol–water partition coefficient (Wildman–Crippen LogP) is 3.77. The van der Waals surface area contributed by atoms with Crippen LogP contribution in [0.2, 0.25) is 0 Å². The monoisotopic (exact) mass is 428 g/mol. The first-order valence-electron chi connectivity index (χ1n) is 9.91. The van der Waals surface area contributed by atoms with Gasteiger partial charge in [-0.15, -0.1) is 0 Å². The van der Waals surface area contributed by atoms with E-state index in [1.54, 1.807) is 66.7 Å². The summed E-state index contributed by atoms with van der Waals surface area (Å²) in [7, 11) is 1.48. The molecule has 0 atom stereocenters. The summed E-state index contributed by atoms with van der Waals surface area (Å²) in [5.41, 5.74) is 2.11. The number of ketones is 1. The predicted molar refractivity (Wildman–Crippen MR) is 117 cm³/mol. The van der Waals surface area contributed by atoms with Crippen molar-refractivity contribution in [2.75, 3.05) is 7.11 Å². The van der Waals surface area contributed by atoms with Crippen molar-refractivity contribution in [3.8, 4) is 5.75 Å². The molecule has 4 aromatic rings. The fourth-order valence-corrected chi connectivity index (χ4v) is 3.28. The molecule has 4 rings (SSSR count). The molecule has 0 unspecified atom stereocenters. The van der Waals surface area contributed by atoms with Crippen LogP contribution in [0.5, 0.6) is 5.75 Å². The van der Waals surface area contributed by atoms with Crippen LogP contribution in [0.25, 0.3) is 11.0 Å². The summed E-state index contributed by atoms with van der Waals surface area (Å²) < 4.78 is 11.1. The van der Waals surface area contributed by atoms with Crippen LogP contribution in [-0.4, -0.2) is 23.8 Å². The molecule has 3 aromatic carbocycles. The third-order valence-electron chi connectivity index (χ3n) is 5.01. The molecule has 0 N–H and O–H groups in total. The third-order valence-corrected chi connectivity index (χ3v) is 5.01. The average molecular weight is 428 g/mol. The summed E-state index contributed by atoms with van der Waals surface area (Å²) in [6.07, 6.45) is 0. The van der Waals surface area contributed by atoms with E-state index in [0.29, 0.717) is 27.1 Å². The van der Waals surface area contributed by atoms with Crippen molar-refractivity contribution >= 4 is 22.8 Å². The minimum absolute atomic E-state index is 0.0759. The maximum Gasteiger partial charge on any atom is 0.338 e. The minimum Gasteiger partial charge on any atom is -0.618 e. The van der Waals surface area contributed by atoms with Crippen LogP contribution in [0.3, 0.4) is 0 Å². The van der Waals surface area contributed by atoms with Crippen LogP contribution in [-0.2, 0) is 11.3 Å². The first-order valence-corrected chi connectivity index (χ1v) is 9.91. The number of hydrogen-bond donors (Lipinski definition) is 0. The number of rotatable bonds is 6. The Balaban J connectivity index is 1.76. The molecule has 0 spiro atoms. The maximum atomic E-state index is 13.2. The van der Waals surface area contributed by atoms with Gasteiger partial charge in [-0.2, -0.15) is 4.73 Å². The number of aromatic nitrogens is 2. The molecule has 32 heavy (non-hydrogen) atoms. The Morgan fingerprint density at radius 1 is 0.969 bits per heavy atom. The molecule has 0 saturated heterocycles. The number of methoxy groups -OCH3 is 1. The molecule has 1 aromatic heterocycles. The van der Waals surface area contributed by atoms with Crippen molar-refractivity contribution < 1.29 is 23.8 Å². The van der Waals surface area contributed by atoms with Crippen LogP contribution in [0.1, 0.15) is 37.7 Å². The first-order chi connectivity index (χ1) is 15.5. The Kier molecular flexibility index (Phi) is 5.81. The van der Waals surface area contributed by atoms with Crippen molar-refractivity contribution in [2.24, 2.45) is 0 Å². The van der Waals surface area contributed by atoms with Gasteiger partial charge in [-0.05, 0) is 31.2 Å². The molecule has 1 heterocycles. The van der Waals surface area contributed by atoms with Crippen molar-refractivity contribution in [1.82, 2.24) is 4.98 Å². The lowest BCUT2D eigenvalue weighted by Crippen LogP contribution is -2.38. The number of hydrogen-bond acceptors (Lipinski definition) is 6. The van der Waals surface area contributed by atoms with Gasteiger partial charge >= 0.3 is 5.97 Å². The molecule has 0 aliphatic carbocycles. The Labute approximate surface area is 184 Å². The highest BCUT2D eigenvalue weighted by molar-refractivity contribution is 6.07. The zero-order chi connectivity index (χ0) is 22.7. The Morgan fingerprint density at radius 3 is 2.38 bits per heavy atom. The van der Waals surface area contributed by atoms with E-state index in [2.05, 4.69) is 4.98 Å². The summed E-state index contributed by atoms with van der Waals surface area (Å²) in [5.74, 6) is -0.628. The minimum atomic E-state index is -0.572. The smallest absolute Gasteiger partial charge is 0.338 e. The summed E-state index contributed by atoms with van der Waals surface area (Å²) in [5, 5.41) is 13.2. The Morgan fingerprint density at radius 2 is 1.69 bits per heavy atom. The number of fused-ring (bicyclic) bond motifs is 1. The van der Waals surface area contributed by atoms with E-state index in [1.165, 1.54) is 13.2 Å². The Bertz CT molecular complexity index is 1300. The van der Waals surface area contributed by atoms with Crippen LogP contribution >= 0.6 is 0 Å². The largest absolute Gasteiger partial charge is 0.618 e. The normalized spacial score (nSPS) is 10.7. The second-order valence-corrected chi connectivity index (χ2v) is 7.19. The first kappa shape index (κ1) is 21.0. The molecule has 0 aliphatic rings. The summed E-state index contributed by atoms with van der Waals surface area (Å²) in [6.45, 7) is 1.59. The molecule has 0 radical (unpaired) electrons. The van der Waals surface area contributed by atoms with Crippen molar-refractivity contribution in [3.63, 3.8) is 0 Å². The number of aryl methyl sites for hydroxylation is 1. The van der Waals surface area contributed by atoms with Crippen molar-refractivity contribution in [3.05, 3.63) is 106 Å². The average Bonchev–Trinajstić information content (AvgIpc) is 2.83. The molecule has 0 amide bonds. The van der Waals surface area contributed by atoms with Gasteiger partial charge in [-0.1, -0.05) is 48.0 Å². The number of nitrogens with zero attached hydrogens (tertiary/aromatic N) is 2. The lowest BCUT2D eigenvalue weighted by Gasteiger charge is -2.12. The third kappa shape index (κ3) is 4.13. The Hall–Kier alpha value is -4.26. The van der Waals surface area contributed by atoms with Gasteiger partial charge in [-0.3, -0.25) is 4.79 Å². The van der Waals surface area contributed by atoms with Gasteiger partial charge in [0.15, 0.2) is 5.69 Å². The number of esters is 1. The summed E-state index contributed by atoms with van der Waals surface area (Å²) in [4.78, 5) is 30.1. The van der Waals surface area contributed by atoms with Crippen LogP contribution in [0, 0.1) is 12.1 Å². The van der Waals surface area contributed by atoms with Crippen molar-refractivity contribution in [1.29, 1.82) is 0 Å². The number of ether oxygens (including phenoxy) is 2. The van der Waals surface area contributed by atoms with Crippen LogP contribution < -0.4 is 9.47 Å². The fraction of sp³-hybridized carbons (Fsp3) is 0.120. The topological polar surface area (TPSA) is 92.4 Å². The lowest BCUT2D eigenvalue weighted by molar-refractivity contribution is -0.580. The van der Waals surface area contributed by atoms with Gasteiger partial charge in [0.25, 0.3) is 11.5 Å². The number of carbonyl (C=O) groups is 2. The molecule has 7 heteroatoms. The summed E-state index contributed by atoms with van der Waals surface area (Å²) in [6, 6.07) is 20.1. The van der Waals surface area contributed by atoms with E-state index in [9.17, 15) is 14.8 Å². The SMILES string of the molecule is COc1ccc2nc(COC(=O)c3ccc(C)cc3)c(C(=O)c3ccccc3)[n+]([O-])c2c1. The number of carbonyl (C=O) groups excluding carboxylic acids is 2. The second kappa shape index (κ2) is 8.85. The summed E-state index contributed by atoms with van der Waals surface area (Å²) >= 11 is 0. The molecule has 7 nitrogen and oxygen atoms in total. The highest BCUT2D eigenvalue weighted by atomic mass is 16.5. The van der Waals surface area contributed by atoms with E-state index >= 15 is 0 Å². The quantitative estimate of drug-likeness (QED) is 0.201. The van der Waals surface area contributed by atoms with Gasteiger partial charge in [0.2, 0.25) is 5.52 Å². The van der Waals surface area contributed by atoms with E-state index in [4.69, 9.17) is 9.47 Å². The molecular formula is C25H20N2O5.